The summed E-state index contributed by atoms with van der Waals surface area (Å²) in [7, 11) is 0. The molecule has 2 aliphatic rings. The lowest BCUT2D eigenvalue weighted by Crippen LogP contribution is -2.41. The molecule has 8 nitrogen and oxygen atoms in total. The van der Waals surface area contributed by atoms with E-state index in [1.165, 1.54) is 15.9 Å². The molecule has 1 aliphatic heterocycles. The van der Waals surface area contributed by atoms with Crippen molar-refractivity contribution >= 4 is 23.3 Å². The Morgan fingerprint density at radius 2 is 1.85 bits per heavy atom. The van der Waals surface area contributed by atoms with Gasteiger partial charge in [0, 0.05) is 12.5 Å². The second-order valence-corrected chi connectivity index (χ2v) is 8.86. The van der Waals surface area contributed by atoms with Crippen LogP contribution in [-0.4, -0.2) is 50.9 Å². The highest BCUT2D eigenvalue weighted by Gasteiger charge is 2.40. The van der Waals surface area contributed by atoms with E-state index in [-0.39, 0.29) is 30.7 Å². The predicted molar refractivity (Wildman–Crippen MR) is 115 cm³/mol. The molecule has 0 radical (unpaired) electrons. The molecule has 11 heteroatoms. The van der Waals surface area contributed by atoms with E-state index in [4.69, 9.17) is 0 Å². The summed E-state index contributed by atoms with van der Waals surface area (Å²) in [6.07, 6.45) is 2.37. The third kappa shape index (κ3) is 5.40. The van der Waals surface area contributed by atoms with Crippen LogP contribution in [0, 0.1) is 5.92 Å². The van der Waals surface area contributed by atoms with E-state index < -0.39 is 23.8 Å². The smallest absolute Gasteiger partial charge is 0.322 e. The maximum absolute atomic E-state index is 13.1. The van der Waals surface area contributed by atoms with Gasteiger partial charge in [-0.05, 0) is 37.3 Å². The number of amides is 3. The van der Waals surface area contributed by atoms with Crippen LogP contribution in [0.2, 0.25) is 0 Å². The van der Waals surface area contributed by atoms with E-state index in [1.54, 1.807) is 12.4 Å². The summed E-state index contributed by atoms with van der Waals surface area (Å²) in [6, 6.07) is 1.36. The SMILES string of the molecule is CC(C)C[C@H]1CN(c2ccc(C(F)(F)F)nc2)C(=O)N1CC(=O)Nc1cnc(C2CC2)nc1. The number of nitrogens with zero attached hydrogens (tertiary/aromatic N) is 5. The number of nitrogens with one attached hydrogen (secondary N) is 1. The molecule has 0 spiro atoms. The molecular weight excluding hydrogens is 437 g/mol. The average molecular weight is 462 g/mol. The standard InChI is InChI=1S/C22H25F3N6O2/c1-13(2)7-17-11-30(16-5-6-18(26-10-16)22(23,24)25)21(33)31(17)12-19(32)29-15-8-27-20(28-9-15)14-3-4-14/h5-6,8-10,13-14,17H,3-4,7,11-12H2,1-2H3,(H,29,32)/t17-/m0/s1. The first-order valence-electron chi connectivity index (χ1n) is 10.8. The van der Waals surface area contributed by atoms with Crippen molar-refractivity contribution in [3.63, 3.8) is 0 Å². The third-order valence-electron chi connectivity index (χ3n) is 5.62. The number of carbonyl (C=O) groups is 2. The Hall–Kier alpha value is -3.24. The molecule has 33 heavy (non-hydrogen) atoms. The molecule has 2 fully saturated rings. The number of urea groups is 1. The number of halogens is 3. The highest BCUT2D eigenvalue weighted by molar-refractivity contribution is 5.99. The summed E-state index contributed by atoms with van der Waals surface area (Å²) in [4.78, 5) is 40.6. The lowest BCUT2D eigenvalue weighted by Gasteiger charge is -2.23. The minimum absolute atomic E-state index is 0.189. The highest BCUT2D eigenvalue weighted by Crippen LogP contribution is 2.37. The third-order valence-corrected chi connectivity index (χ3v) is 5.62. The Morgan fingerprint density at radius 1 is 1.15 bits per heavy atom. The van der Waals surface area contributed by atoms with Crippen molar-refractivity contribution in [2.75, 3.05) is 23.3 Å². The van der Waals surface area contributed by atoms with Crippen LogP contribution in [-0.2, 0) is 11.0 Å². The molecule has 1 saturated heterocycles. The predicted octanol–water partition coefficient (Wildman–Crippen LogP) is 4.06. The molecule has 0 aromatic carbocycles. The van der Waals surface area contributed by atoms with Gasteiger partial charge in [-0.1, -0.05) is 13.8 Å². The van der Waals surface area contributed by atoms with Gasteiger partial charge in [-0.2, -0.15) is 13.2 Å². The zero-order chi connectivity index (χ0) is 23.8. The molecule has 0 bridgehead atoms. The van der Waals surface area contributed by atoms with Gasteiger partial charge in [0.1, 0.15) is 18.1 Å². The van der Waals surface area contributed by atoms with Crippen molar-refractivity contribution in [1.82, 2.24) is 19.9 Å². The second kappa shape index (κ2) is 8.95. The Balaban J connectivity index is 1.45. The molecule has 2 aromatic heterocycles. The van der Waals surface area contributed by atoms with Gasteiger partial charge in [0.05, 0.1) is 36.0 Å². The van der Waals surface area contributed by atoms with Gasteiger partial charge in [-0.25, -0.2) is 19.7 Å². The van der Waals surface area contributed by atoms with E-state index in [1.807, 2.05) is 13.8 Å². The van der Waals surface area contributed by atoms with Crippen LogP contribution in [0.3, 0.4) is 0 Å². The van der Waals surface area contributed by atoms with Gasteiger partial charge >= 0.3 is 12.2 Å². The van der Waals surface area contributed by atoms with Crippen molar-refractivity contribution in [1.29, 1.82) is 0 Å². The van der Waals surface area contributed by atoms with Crippen molar-refractivity contribution in [3.8, 4) is 0 Å². The zero-order valence-corrected chi connectivity index (χ0v) is 18.3. The number of carbonyl (C=O) groups excluding carboxylic acids is 2. The van der Waals surface area contributed by atoms with Crippen LogP contribution in [0.5, 0.6) is 0 Å². The topological polar surface area (TPSA) is 91.3 Å². The zero-order valence-electron chi connectivity index (χ0n) is 18.3. The maximum atomic E-state index is 13.1. The molecule has 1 N–H and O–H groups in total. The van der Waals surface area contributed by atoms with E-state index in [2.05, 4.69) is 20.3 Å². The molecule has 176 valence electrons. The molecular formula is C22H25F3N6O2. The quantitative estimate of drug-likeness (QED) is 0.670. The van der Waals surface area contributed by atoms with Crippen molar-refractivity contribution in [3.05, 3.63) is 42.2 Å². The van der Waals surface area contributed by atoms with Gasteiger partial charge in [0.2, 0.25) is 5.91 Å². The molecule has 1 saturated carbocycles. The lowest BCUT2D eigenvalue weighted by atomic mass is 10.0. The second-order valence-electron chi connectivity index (χ2n) is 8.86. The number of hydrogen-bond donors (Lipinski definition) is 1. The van der Waals surface area contributed by atoms with Crippen molar-refractivity contribution < 1.29 is 22.8 Å². The number of aromatic nitrogens is 3. The number of pyridine rings is 1. The summed E-state index contributed by atoms with van der Waals surface area (Å²) >= 11 is 0. The maximum Gasteiger partial charge on any atom is 0.433 e. The Labute approximate surface area is 189 Å². The lowest BCUT2D eigenvalue weighted by molar-refractivity contribution is -0.141. The Morgan fingerprint density at radius 3 is 2.39 bits per heavy atom. The molecule has 1 aliphatic carbocycles. The largest absolute Gasteiger partial charge is 0.433 e. The summed E-state index contributed by atoms with van der Waals surface area (Å²) in [5.74, 6) is 1.02. The molecule has 3 heterocycles. The fourth-order valence-electron chi connectivity index (χ4n) is 3.88. The summed E-state index contributed by atoms with van der Waals surface area (Å²) in [5, 5.41) is 2.71. The van der Waals surface area contributed by atoms with Gasteiger partial charge < -0.3 is 10.2 Å². The first kappa shape index (κ1) is 22.9. The minimum Gasteiger partial charge on any atom is -0.322 e. The van der Waals surface area contributed by atoms with Crippen LogP contribution in [0.15, 0.2) is 30.7 Å². The van der Waals surface area contributed by atoms with E-state index in [0.717, 1.165) is 30.9 Å². The van der Waals surface area contributed by atoms with E-state index in [0.29, 0.717) is 18.0 Å². The number of anilines is 2. The first-order valence-corrected chi connectivity index (χ1v) is 10.8. The van der Waals surface area contributed by atoms with Crippen LogP contribution < -0.4 is 10.2 Å². The Bertz CT molecular complexity index is 1010. The van der Waals surface area contributed by atoms with Gasteiger partial charge in [0.15, 0.2) is 0 Å². The van der Waals surface area contributed by atoms with Crippen LogP contribution >= 0.6 is 0 Å². The molecule has 4 rings (SSSR count). The molecule has 3 amide bonds. The van der Waals surface area contributed by atoms with Crippen LogP contribution in [0.25, 0.3) is 0 Å². The fraction of sp³-hybridized carbons (Fsp3) is 0.500. The molecule has 0 unspecified atom stereocenters. The number of rotatable bonds is 7. The number of alkyl halides is 3. The number of hydrogen-bond acceptors (Lipinski definition) is 5. The van der Waals surface area contributed by atoms with E-state index in [9.17, 15) is 22.8 Å². The average Bonchev–Trinajstić information content (AvgIpc) is 3.55. The van der Waals surface area contributed by atoms with Gasteiger partial charge in [-0.15, -0.1) is 0 Å². The van der Waals surface area contributed by atoms with Crippen molar-refractivity contribution in [2.24, 2.45) is 5.92 Å². The highest BCUT2D eigenvalue weighted by atomic mass is 19.4. The minimum atomic E-state index is -4.56. The van der Waals surface area contributed by atoms with Gasteiger partial charge in [-0.3, -0.25) is 9.69 Å². The van der Waals surface area contributed by atoms with Crippen LogP contribution in [0.1, 0.15) is 50.5 Å². The summed E-state index contributed by atoms with van der Waals surface area (Å²) in [6.45, 7) is 4.08. The fourth-order valence-corrected chi connectivity index (χ4v) is 3.88. The molecule has 2 aromatic rings. The van der Waals surface area contributed by atoms with Crippen LogP contribution in [0.4, 0.5) is 29.3 Å². The van der Waals surface area contributed by atoms with Gasteiger partial charge in [0.25, 0.3) is 0 Å². The monoisotopic (exact) mass is 462 g/mol. The molecule has 1 atom stereocenters. The van der Waals surface area contributed by atoms with Crippen molar-refractivity contribution in [2.45, 2.75) is 51.2 Å². The van der Waals surface area contributed by atoms with E-state index >= 15 is 0 Å². The first-order chi connectivity index (χ1) is 15.6. The Kier molecular flexibility index (Phi) is 6.22. The summed E-state index contributed by atoms with van der Waals surface area (Å²) in [5.41, 5.74) is -0.322. The normalized spacial score (nSPS) is 18.8. The summed E-state index contributed by atoms with van der Waals surface area (Å²) < 4.78 is 38.5.